The zero-order chi connectivity index (χ0) is 22.3. The zero-order valence-electron chi connectivity index (χ0n) is 14.6. The van der Waals surface area contributed by atoms with Crippen molar-refractivity contribution >= 4 is 5.69 Å². The van der Waals surface area contributed by atoms with E-state index in [1.807, 2.05) is 0 Å². The van der Waals surface area contributed by atoms with Crippen molar-refractivity contribution in [3.63, 3.8) is 0 Å². The highest BCUT2D eigenvalue weighted by atomic mass is 19.3. The topological polar surface area (TPSA) is 54.0 Å². The molecule has 2 aliphatic carbocycles. The smallest absolute Gasteiger partial charge is 0.346 e. The van der Waals surface area contributed by atoms with Gasteiger partial charge in [-0.05, 0) is 24.3 Å². The van der Waals surface area contributed by atoms with E-state index in [0.717, 1.165) is 18.2 Å². The minimum Gasteiger partial charge on any atom is -0.458 e. The fraction of sp³-hybridized carbons (Fsp3) is 0.316. The minimum absolute atomic E-state index is 0.250. The van der Waals surface area contributed by atoms with Crippen LogP contribution in [0.15, 0.2) is 30.3 Å². The van der Waals surface area contributed by atoms with E-state index >= 15 is 0 Å². The molecule has 2 atom stereocenters. The van der Waals surface area contributed by atoms with Gasteiger partial charge in [0.2, 0.25) is 0 Å². The largest absolute Gasteiger partial charge is 0.458 e. The zero-order valence-corrected chi connectivity index (χ0v) is 14.6. The van der Waals surface area contributed by atoms with E-state index in [1.165, 1.54) is 0 Å². The summed E-state index contributed by atoms with van der Waals surface area (Å²) in [6, 6.07) is 3.65. The quantitative estimate of drug-likeness (QED) is 0.508. The van der Waals surface area contributed by atoms with Crippen molar-refractivity contribution in [1.29, 1.82) is 0 Å². The Hall–Kier alpha value is -2.84. The first-order valence-electron chi connectivity index (χ1n) is 8.34. The average Bonchev–Trinajstić information content (AvgIpc) is 2.75. The molecular formula is C19H10F7NO3. The Kier molecular flexibility index (Phi) is 3.99. The van der Waals surface area contributed by atoms with Gasteiger partial charge in [0.15, 0.2) is 11.3 Å². The highest BCUT2D eigenvalue weighted by Gasteiger charge is 2.80. The lowest BCUT2D eigenvalue weighted by Gasteiger charge is -2.41. The molecule has 2 N–H and O–H groups in total. The molecule has 0 spiro atoms. The van der Waals surface area contributed by atoms with E-state index in [-0.39, 0.29) is 5.69 Å². The Morgan fingerprint density at radius 3 is 2.37 bits per heavy atom. The second kappa shape index (κ2) is 5.86. The van der Waals surface area contributed by atoms with Crippen molar-refractivity contribution in [1.82, 2.24) is 0 Å². The van der Waals surface area contributed by atoms with E-state index in [1.54, 1.807) is 0 Å². The number of alkyl halides is 6. The number of ether oxygens (including phenoxy) is 1. The van der Waals surface area contributed by atoms with Crippen LogP contribution in [0.4, 0.5) is 36.4 Å². The van der Waals surface area contributed by atoms with Gasteiger partial charge in [-0.3, -0.25) is 0 Å². The second-order valence-corrected chi connectivity index (χ2v) is 7.11. The van der Waals surface area contributed by atoms with E-state index in [0.29, 0.717) is 12.1 Å². The third-order valence-corrected chi connectivity index (χ3v) is 5.25. The molecule has 11 heteroatoms. The van der Waals surface area contributed by atoms with Crippen molar-refractivity contribution in [2.75, 3.05) is 0 Å². The van der Waals surface area contributed by atoms with Gasteiger partial charge in [0.1, 0.15) is 23.4 Å². The Morgan fingerprint density at radius 2 is 1.73 bits per heavy atom. The van der Waals surface area contributed by atoms with Crippen LogP contribution < -0.4 is 4.74 Å². The molecule has 30 heavy (non-hydrogen) atoms. The van der Waals surface area contributed by atoms with Gasteiger partial charge in [-0.25, -0.2) is 18.0 Å². The van der Waals surface area contributed by atoms with E-state index < -0.39 is 69.9 Å². The molecule has 4 nitrogen and oxygen atoms in total. The van der Waals surface area contributed by atoms with Crippen LogP contribution in [0.5, 0.6) is 11.5 Å². The Bertz CT molecular complexity index is 1110. The summed E-state index contributed by atoms with van der Waals surface area (Å²) in [5.74, 6) is -16.9. The van der Waals surface area contributed by atoms with Gasteiger partial charge in [0, 0.05) is 22.8 Å². The molecule has 0 amide bonds. The summed E-state index contributed by atoms with van der Waals surface area (Å²) in [6.45, 7) is 6.89. The number of aliphatic hydroxyl groups is 2. The number of nitrogens with zero attached hydrogens (tertiary/aromatic N) is 1. The van der Waals surface area contributed by atoms with E-state index in [2.05, 4.69) is 4.85 Å². The van der Waals surface area contributed by atoms with Crippen LogP contribution in [0.3, 0.4) is 0 Å². The number of hydrogen-bond acceptors (Lipinski definition) is 3. The molecule has 0 radical (unpaired) electrons. The fourth-order valence-electron chi connectivity index (χ4n) is 3.90. The number of hydrogen-bond donors (Lipinski definition) is 2. The first-order chi connectivity index (χ1) is 13.8. The summed E-state index contributed by atoms with van der Waals surface area (Å²) in [7, 11) is 0. The SMILES string of the molecule is [C-]#[N+]c1cc(F)cc(Oc2ccc3c4c2C(O)C(F)(F)CC4(O)C(F)(F)C3(F)F)c1. The van der Waals surface area contributed by atoms with Crippen LogP contribution >= 0.6 is 0 Å². The summed E-state index contributed by atoms with van der Waals surface area (Å²) < 4.78 is 105. The molecule has 0 fully saturated rings. The monoisotopic (exact) mass is 433 g/mol. The average molecular weight is 433 g/mol. The van der Waals surface area contributed by atoms with Crippen molar-refractivity contribution < 1.29 is 45.7 Å². The molecule has 158 valence electrons. The second-order valence-electron chi connectivity index (χ2n) is 7.11. The lowest BCUT2D eigenvalue weighted by Crippen LogP contribution is -2.54. The molecule has 2 aromatic rings. The molecule has 0 heterocycles. The Labute approximate surface area is 163 Å². The molecule has 2 aromatic carbocycles. The third kappa shape index (κ3) is 2.40. The normalized spacial score (nSPS) is 27.3. The maximum atomic E-state index is 14.4. The highest BCUT2D eigenvalue weighted by Crippen LogP contribution is 2.68. The van der Waals surface area contributed by atoms with E-state index in [9.17, 15) is 40.9 Å². The molecule has 2 aliphatic rings. The molecule has 0 bridgehead atoms. The third-order valence-electron chi connectivity index (χ3n) is 5.25. The highest BCUT2D eigenvalue weighted by molar-refractivity contribution is 5.60. The van der Waals surface area contributed by atoms with Crippen molar-refractivity contribution in [3.8, 4) is 11.5 Å². The maximum Gasteiger partial charge on any atom is 0.346 e. The molecule has 4 rings (SSSR count). The lowest BCUT2D eigenvalue weighted by molar-refractivity contribution is -0.308. The predicted octanol–water partition coefficient (Wildman–Crippen LogP) is 5.17. The van der Waals surface area contributed by atoms with Gasteiger partial charge in [0.05, 0.1) is 13.0 Å². The van der Waals surface area contributed by atoms with Crippen LogP contribution in [0.1, 0.15) is 29.2 Å². The van der Waals surface area contributed by atoms with E-state index in [4.69, 9.17) is 11.3 Å². The Balaban J connectivity index is 1.97. The molecule has 0 saturated carbocycles. The molecule has 0 saturated heterocycles. The van der Waals surface area contributed by atoms with Crippen LogP contribution in [0.25, 0.3) is 4.85 Å². The van der Waals surface area contributed by atoms with Crippen LogP contribution in [-0.4, -0.2) is 22.1 Å². The van der Waals surface area contributed by atoms with Gasteiger partial charge >= 0.3 is 11.8 Å². The first-order valence-corrected chi connectivity index (χ1v) is 8.34. The molecular weight excluding hydrogens is 423 g/mol. The van der Waals surface area contributed by atoms with Gasteiger partial charge in [-0.2, -0.15) is 17.6 Å². The predicted molar refractivity (Wildman–Crippen MR) is 86.4 cm³/mol. The van der Waals surface area contributed by atoms with Crippen molar-refractivity contribution in [3.05, 3.63) is 64.3 Å². The van der Waals surface area contributed by atoms with Crippen molar-refractivity contribution in [2.45, 2.75) is 35.9 Å². The summed E-state index contributed by atoms with van der Waals surface area (Å²) in [5.41, 5.74) is -8.06. The fourth-order valence-corrected chi connectivity index (χ4v) is 3.90. The van der Waals surface area contributed by atoms with Gasteiger partial charge in [-0.1, -0.05) is 0 Å². The van der Waals surface area contributed by atoms with Crippen LogP contribution in [-0.2, 0) is 11.5 Å². The molecule has 2 unspecified atom stereocenters. The van der Waals surface area contributed by atoms with Crippen LogP contribution in [0.2, 0.25) is 0 Å². The molecule has 0 aliphatic heterocycles. The van der Waals surface area contributed by atoms with Crippen LogP contribution in [0, 0.1) is 12.4 Å². The standard InChI is InChI=1S/C19H10F7NO3/c1-27-9-4-8(20)5-10(6-9)30-12-3-2-11-14-13(12)15(28)17(21,22)7-16(14,29)19(25,26)18(11,23)24/h2-6,15,28-29H,7H2. The van der Waals surface area contributed by atoms with Gasteiger partial charge in [0.25, 0.3) is 5.92 Å². The summed E-state index contributed by atoms with van der Waals surface area (Å²) in [5, 5.41) is 20.4. The number of benzene rings is 2. The number of rotatable bonds is 2. The lowest BCUT2D eigenvalue weighted by atomic mass is 9.75. The maximum absolute atomic E-state index is 14.4. The molecule has 0 aromatic heterocycles. The van der Waals surface area contributed by atoms with Gasteiger partial charge < -0.3 is 14.9 Å². The van der Waals surface area contributed by atoms with Crippen molar-refractivity contribution in [2.24, 2.45) is 0 Å². The number of halogens is 7. The summed E-state index contributed by atoms with van der Waals surface area (Å²) in [4.78, 5) is 2.97. The summed E-state index contributed by atoms with van der Waals surface area (Å²) >= 11 is 0. The minimum atomic E-state index is -5.30. The van der Waals surface area contributed by atoms with Gasteiger partial charge in [-0.15, -0.1) is 0 Å². The Morgan fingerprint density at radius 1 is 1.07 bits per heavy atom. The number of aliphatic hydroxyl groups excluding tert-OH is 1. The first kappa shape index (κ1) is 20.4. The summed E-state index contributed by atoms with van der Waals surface area (Å²) in [6.07, 6.45) is -5.00.